The molecule has 24 heavy (non-hydrogen) atoms. The van der Waals surface area contributed by atoms with Crippen LogP contribution in [0.15, 0.2) is 0 Å². The van der Waals surface area contributed by atoms with E-state index in [-0.39, 0.29) is 13.0 Å². The van der Waals surface area contributed by atoms with Gasteiger partial charge in [-0.05, 0) is 6.42 Å². The van der Waals surface area contributed by atoms with Crippen LogP contribution in [0.4, 0.5) is 0 Å². The first-order valence-electron chi connectivity index (χ1n) is 7.72. The topological polar surface area (TPSA) is 145 Å². The first-order chi connectivity index (χ1) is 11.1. The lowest BCUT2D eigenvalue weighted by Crippen LogP contribution is -2.56. The van der Waals surface area contributed by atoms with E-state index in [9.17, 15) is 24.6 Å². The number of hydrogen-bond donors (Lipinski definition) is 3. The summed E-state index contributed by atoms with van der Waals surface area (Å²) in [7, 11) is 0. The van der Waals surface area contributed by atoms with Crippen molar-refractivity contribution in [1.29, 1.82) is 0 Å². The van der Waals surface area contributed by atoms with Gasteiger partial charge in [-0.3, -0.25) is 14.4 Å². The number of aliphatic hydroxyl groups is 2. The largest absolute Gasteiger partial charge is 0.458 e. The molecule has 0 aromatic carbocycles. The van der Waals surface area contributed by atoms with E-state index in [4.69, 9.17) is 19.9 Å². The van der Waals surface area contributed by atoms with Crippen molar-refractivity contribution >= 4 is 17.9 Å². The molecular weight excluding hydrogens is 322 g/mol. The quantitative estimate of drug-likeness (QED) is 0.269. The fourth-order valence-corrected chi connectivity index (χ4v) is 2.00. The molecule has 9 nitrogen and oxygen atoms in total. The molecule has 0 aromatic rings. The molecule has 0 spiro atoms. The molecule has 0 saturated heterocycles. The van der Waals surface area contributed by atoms with Crippen LogP contribution in [0.3, 0.4) is 0 Å². The summed E-state index contributed by atoms with van der Waals surface area (Å²) in [5.74, 6) is -2.71. The molecule has 0 aromatic heterocycles. The summed E-state index contributed by atoms with van der Waals surface area (Å²) in [6.45, 7) is 5.18. The molecule has 9 heteroatoms. The Kier molecular flexibility index (Phi) is 10.2. The summed E-state index contributed by atoms with van der Waals surface area (Å²) in [6, 6.07) is -1.37. The van der Waals surface area contributed by atoms with Gasteiger partial charge in [0.05, 0.1) is 0 Å². The predicted molar refractivity (Wildman–Crippen MR) is 82.3 cm³/mol. The third-order valence-corrected chi connectivity index (χ3v) is 3.19. The summed E-state index contributed by atoms with van der Waals surface area (Å²) in [6.07, 6.45) is -3.59. The van der Waals surface area contributed by atoms with Gasteiger partial charge < -0.3 is 30.2 Å². The highest BCUT2D eigenvalue weighted by molar-refractivity contribution is 5.69. The molecule has 0 aliphatic carbocycles. The van der Waals surface area contributed by atoms with E-state index in [2.05, 4.69) is 0 Å². The molecule has 5 atom stereocenters. The van der Waals surface area contributed by atoms with Crippen molar-refractivity contribution in [1.82, 2.24) is 0 Å². The van der Waals surface area contributed by atoms with Crippen molar-refractivity contribution < 1.29 is 38.8 Å². The van der Waals surface area contributed by atoms with Gasteiger partial charge in [-0.15, -0.1) is 0 Å². The molecule has 0 amide bonds. The zero-order chi connectivity index (χ0) is 18.9. The maximum Gasteiger partial charge on any atom is 0.308 e. The molecule has 0 fully saturated rings. The molecule has 4 N–H and O–H groups in total. The fraction of sp³-hybridized carbons (Fsp3) is 0.800. The lowest BCUT2D eigenvalue weighted by atomic mass is 9.95. The standard InChI is InChI=1S/C15H27NO8/c1-5-6-11(20)24-15(21)12(16)14(23-10(4)19)13(8(2)7-17)22-9(3)18/h8,12-15,17,21H,5-7,16H2,1-4H3/t8?,12?,13-,14?,15+/m1/s1. The Morgan fingerprint density at radius 2 is 1.54 bits per heavy atom. The van der Waals surface area contributed by atoms with Gasteiger partial charge >= 0.3 is 17.9 Å². The van der Waals surface area contributed by atoms with Crippen LogP contribution >= 0.6 is 0 Å². The van der Waals surface area contributed by atoms with Crippen molar-refractivity contribution in [3.63, 3.8) is 0 Å². The van der Waals surface area contributed by atoms with Gasteiger partial charge in [0.1, 0.15) is 12.1 Å². The Morgan fingerprint density at radius 3 is 1.96 bits per heavy atom. The van der Waals surface area contributed by atoms with E-state index in [1.807, 2.05) is 0 Å². The van der Waals surface area contributed by atoms with Gasteiger partial charge in [0.15, 0.2) is 6.10 Å². The van der Waals surface area contributed by atoms with Crippen LogP contribution in [0.5, 0.6) is 0 Å². The average Bonchev–Trinajstić information content (AvgIpc) is 2.48. The fourth-order valence-electron chi connectivity index (χ4n) is 2.00. The smallest absolute Gasteiger partial charge is 0.308 e. The maximum atomic E-state index is 11.5. The first-order valence-corrected chi connectivity index (χ1v) is 7.72. The van der Waals surface area contributed by atoms with E-state index in [0.717, 1.165) is 13.8 Å². The minimum Gasteiger partial charge on any atom is -0.458 e. The number of aliphatic hydroxyl groups excluding tert-OH is 2. The second kappa shape index (κ2) is 11.0. The highest BCUT2D eigenvalue weighted by Crippen LogP contribution is 2.20. The molecule has 0 radical (unpaired) electrons. The van der Waals surface area contributed by atoms with Crippen LogP contribution in [-0.4, -0.2) is 59.3 Å². The van der Waals surface area contributed by atoms with Crippen molar-refractivity contribution in [2.24, 2.45) is 11.7 Å². The number of carbonyl (C=O) groups is 3. The summed E-state index contributed by atoms with van der Waals surface area (Å²) in [4.78, 5) is 34.1. The van der Waals surface area contributed by atoms with Crippen LogP contribution in [0.1, 0.15) is 40.5 Å². The highest BCUT2D eigenvalue weighted by Gasteiger charge is 2.40. The number of carbonyl (C=O) groups excluding carboxylic acids is 3. The molecule has 0 bridgehead atoms. The Bertz CT molecular complexity index is 428. The minimum atomic E-state index is -1.77. The van der Waals surface area contributed by atoms with Crippen LogP contribution < -0.4 is 5.73 Å². The molecule has 0 aliphatic rings. The SMILES string of the molecule is CCCC(=O)O[C@H](O)C(N)C(OC(C)=O)[C@H](OC(C)=O)C(C)CO. The van der Waals surface area contributed by atoms with Gasteiger partial charge in [-0.25, -0.2) is 0 Å². The molecular formula is C15H27NO8. The van der Waals surface area contributed by atoms with Crippen molar-refractivity contribution in [3.05, 3.63) is 0 Å². The summed E-state index contributed by atoms with van der Waals surface area (Å²) in [5.41, 5.74) is 5.85. The Hall–Kier alpha value is -1.71. The minimum absolute atomic E-state index is 0.0857. The number of nitrogens with two attached hydrogens (primary N) is 1. The van der Waals surface area contributed by atoms with Crippen LogP contribution in [0.25, 0.3) is 0 Å². The van der Waals surface area contributed by atoms with Crippen molar-refractivity contribution in [3.8, 4) is 0 Å². The summed E-state index contributed by atoms with van der Waals surface area (Å²) >= 11 is 0. The van der Waals surface area contributed by atoms with Gasteiger partial charge in [-0.2, -0.15) is 0 Å². The Balaban J connectivity index is 5.33. The highest BCUT2D eigenvalue weighted by atomic mass is 16.6. The number of hydrogen-bond acceptors (Lipinski definition) is 9. The second-order valence-corrected chi connectivity index (χ2v) is 5.52. The van der Waals surface area contributed by atoms with Gasteiger partial charge in [0, 0.05) is 32.8 Å². The van der Waals surface area contributed by atoms with E-state index in [1.54, 1.807) is 13.8 Å². The van der Waals surface area contributed by atoms with Gasteiger partial charge in [0.25, 0.3) is 0 Å². The van der Waals surface area contributed by atoms with Crippen molar-refractivity contribution in [2.45, 2.75) is 65.1 Å². The van der Waals surface area contributed by atoms with E-state index >= 15 is 0 Å². The normalized spacial score (nSPS) is 17.1. The van der Waals surface area contributed by atoms with Crippen LogP contribution in [-0.2, 0) is 28.6 Å². The molecule has 0 rings (SSSR count). The summed E-state index contributed by atoms with van der Waals surface area (Å²) < 4.78 is 14.9. The Morgan fingerprint density at radius 1 is 1.04 bits per heavy atom. The van der Waals surface area contributed by atoms with Gasteiger partial charge in [-0.1, -0.05) is 13.8 Å². The second-order valence-electron chi connectivity index (χ2n) is 5.52. The molecule has 0 aliphatic heterocycles. The van der Waals surface area contributed by atoms with Crippen LogP contribution in [0.2, 0.25) is 0 Å². The van der Waals surface area contributed by atoms with E-state index in [1.165, 1.54) is 0 Å². The molecule has 0 saturated carbocycles. The lowest BCUT2D eigenvalue weighted by molar-refractivity contribution is -0.194. The summed E-state index contributed by atoms with van der Waals surface area (Å²) in [5, 5.41) is 19.3. The molecule has 3 unspecified atom stereocenters. The Labute approximate surface area is 141 Å². The maximum absolute atomic E-state index is 11.5. The zero-order valence-electron chi connectivity index (χ0n) is 14.4. The third-order valence-electron chi connectivity index (χ3n) is 3.19. The number of rotatable bonds is 10. The predicted octanol–water partition coefficient (Wildman–Crippen LogP) is -0.533. The van der Waals surface area contributed by atoms with E-state index < -0.39 is 48.4 Å². The van der Waals surface area contributed by atoms with Crippen molar-refractivity contribution in [2.75, 3.05) is 6.61 Å². The number of esters is 3. The lowest BCUT2D eigenvalue weighted by Gasteiger charge is -2.34. The zero-order valence-corrected chi connectivity index (χ0v) is 14.4. The molecule has 140 valence electrons. The van der Waals surface area contributed by atoms with E-state index in [0.29, 0.717) is 6.42 Å². The third kappa shape index (κ3) is 7.71. The monoisotopic (exact) mass is 349 g/mol. The first kappa shape index (κ1) is 22.3. The molecule has 0 heterocycles. The average molecular weight is 349 g/mol. The number of ether oxygens (including phenoxy) is 3. The van der Waals surface area contributed by atoms with Crippen LogP contribution in [0, 0.1) is 5.92 Å². The van der Waals surface area contributed by atoms with Gasteiger partial charge in [0.2, 0.25) is 6.29 Å².